The quantitative estimate of drug-likeness (QED) is 0.621. The van der Waals surface area contributed by atoms with E-state index in [9.17, 15) is 9.90 Å². The topological polar surface area (TPSA) is 102 Å². The monoisotopic (exact) mass is 381 g/mol. The number of ether oxygens (including phenoxy) is 1. The first kappa shape index (κ1) is 19.5. The zero-order valence-corrected chi connectivity index (χ0v) is 15.8. The van der Waals surface area contributed by atoms with Crippen LogP contribution in [0.5, 0.6) is 5.75 Å². The number of tetrazole rings is 1. The number of nitrogens with one attached hydrogen (secondary N) is 1. The molecule has 8 heteroatoms. The third kappa shape index (κ3) is 4.92. The number of amides is 1. The van der Waals surface area contributed by atoms with E-state index in [1.165, 1.54) is 0 Å². The summed E-state index contributed by atoms with van der Waals surface area (Å²) in [5.41, 5.74) is 1.25. The Bertz CT molecular complexity index is 894. The second kappa shape index (κ2) is 9.09. The highest BCUT2D eigenvalue weighted by Crippen LogP contribution is 2.15. The lowest BCUT2D eigenvalue weighted by Gasteiger charge is -2.12. The van der Waals surface area contributed by atoms with Crippen molar-refractivity contribution in [3.05, 3.63) is 71.5 Å². The molecule has 8 nitrogen and oxygen atoms in total. The number of nitrogens with zero attached hydrogens (tertiary/aromatic N) is 4. The van der Waals surface area contributed by atoms with Crippen LogP contribution in [0.4, 0.5) is 0 Å². The Kier molecular flexibility index (Phi) is 6.33. The van der Waals surface area contributed by atoms with Gasteiger partial charge in [0.05, 0.1) is 12.1 Å². The summed E-state index contributed by atoms with van der Waals surface area (Å²) in [6.07, 6.45) is -0.750. The van der Waals surface area contributed by atoms with E-state index in [-0.39, 0.29) is 25.1 Å². The Morgan fingerprint density at radius 3 is 2.54 bits per heavy atom. The van der Waals surface area contributed by atoms with E-state index in [1.54, 1.807) is 28.9 Å². The minimum absolute atomic E-state index is 0.138. The lowest BCUT2D eigenvalue weighted by atomic mass is 10.1. The van der Waals surface area contributed by atoms with Gasteiger partial charge in [0.25, 0.3) is 5.91 Å². The molecule has 0 aliphatic rings. The van der Waals surface area contributed by atoms with Crippen molar-refractivity contribution in [1.82, 2.24) is 25.5 Å². The van der Waals surface area contributed by atoms with E-state index in [0.29, 0.717) is 17.1 Å². The summed E-state index contributed by atoms with van der Waals surface area (Å²) >= 11 is 0. The molecule has 0 aliphatic heterocycles. The molecule has 1 atom stereocenters. The SMILES string of the molecule is CC(C)n1nnnc1COc1ccc(C(=O)NCC(O)c2ccccc2)cc1. The predicted molar refractivity (Wildman–Crippen MR) is 103 cm³/mol. The number of aromatic nitrogens is 4. The molecular formula is C20H23N5O3. The zero-order valence-electron chi connectivity index (χ0n) is 15.8. The highest BCUT2D eigenvalue weighted by molar-refractivity contribution is 5.94. The molecule has 2 aromatic carbocycles. The zero-order chi connectivity index (χ0) is 19.9. The Balaban J connectivity index is 1.52. The van der Waals surface area contributed by atoms with Crippen molar-refractivity contribution < 1.29 is 14.6 Å². The first-order valence-corrected chi connectivity index (χ1v) is 9.05. The van der Waals surface area contributed by atoms with Gasteiger partial charge in [0.2, 0.25) is 0 Å². The van der Waals surface area contributed by atoms with Gasteiger partial charge in [-0.1, -0.05) is 30.3 Å². The number of hydrogen-bond acceptors (Lipinski definition) is 6. The van der Waals surface area contributed by atoms with Crippen LogP contribution < -0.4 is 10.1 Å². The van der Waals surface area contributed by atoms with Gasteiger partial charge in [-0.25, -0.2) is 4.68 Å². The maximum Gasteiger partial charge on any atom is 0.251 e. The molecule has 0 saturated carbocycles. The van der Waals surface area contributed by atoms with Crippen molar-refractivity contribution in [2.24, 2.45) is 0 Å². The van der Waals surface area contributed by atoms with Crippen LogP contribution in [0, 0.1) is 0 Å². The first-order valence-electron chi connectivity index (χ1n) is 9.05. The Labute approximate surface area is 163 Å². The minimum Gasteiger partial charge on any atom is -0.486 e. The van der Waals surface area contributed by atoms with E-state index in [0.717, 1.165) is 5.56 Å². The fourth-order valence-electron chi connectivity index (χ4n) is 2.64. The third-order valence-corrected chi connectivity index (χ3v) is 4.17. The minimum atomic E-state index is -0.750. The van der Waals surface area contributed by atoms with Crippen LogP contribution in [0.2, 0.25) is 0 Å². The van der Waals surface area contributed by atoms with Crippen LogP contribution in [-0.4, -0.2) is 37.8 Å². The van der Waals surface area contributed by atoms with Crippen molar-refractivity contribution in [1.29, 1.82) is 0 Å². The molecule has 2 N–H and O–H groups in total. The molecule has 146 valence electrons. The van der Waals surface area contributed by atoms with Gasteiger partial charge < -0.3 is 15.2 Å². The fraction of sp³-hybridized carbons (Fsp3) is 0.300. The summed E-state index contributed by atoms with van der Waals surface area (Å²) < 4.78 is 7.39. The molecule has 1 aromatic heterocycles. The molecule has 0 radical (unpaired) electrons. The van der Waals surface area contributed by atoms with Gasteiger partial charge in [-0.2, -0.15) is 0 Å². The summed E-state index contributed by atoms with van der Waals surface area (Å²) in [5.74, 6) is 0.983. The van der Waals surface area contributed by atoms with Crippen molar-refractivity contribution in [2.75, 3.05) is 6.54 Å². The number of aliphatic hydroxyl groups is 1. The van der Waals surface area contributed by atoms with Gasteiger partial charge in [0.15, 0.2) is 5.82 Å². The van der Waals surface area contributed by atoms with E-state index in [4.69, 9.17) is 4.74 Å². The summed E-state index contributed by atoms with van der Waals surface area (Å²) in [5, 5.41) is 24.4. The molecule has 0 saturated heterocycles. The summed E-state index contributed by atoms with van der Waals surface area (Å²) in [4.78, 5) is 12.3. The average Bonchev–Trinajstić information content (AvgIpc) is 3.20. The highest BCUT2D eigenvalue weighted by atomic mass is 16.5. The van der Waals surface area contributed by atoms with Gasteiger partial charge in [-0.15, -0.1) is 5.10 Å². The van der Waals surface area contributed by atoms with Crippen molar-refractivity contribution in [2.45, 2.75) is 32.6 Å². The molecule has 1 amide bonds. The number of carbonyl (C=O) groups excluding carboxylic acids is 1. The van der Waals surface area contributed by atoms with Crippen molar-refractivity contribution in [3.8, 4) is 5.75 Å². The average molecular weight is 381 g/mol. The molecule has 1 heterocycles. The third-order valence-electron chi connectivity index (χ3n) is 4.17. The van der Waals surface area contributed by atoms with E-state index in [1.807, 2.05) is 44.2 Å². The molecule has 0 fully saturated rings. The van der Waals surface area contributed by atoms with Gasteiger partial charge in [0.1, 0.15) is 12.4 Å². The Hall–Kier alpha value is -3.26. The maximum absolute atomic E-state index is 12.3. The number of benzene rings is 2. The van der Waals surface area contributed by atoms with E-state index in [2.05, 4.69) is 20.8 Å². The smallest absolute Gasteiger partial charge is 0.251 e. The molecule has 0 aliphatic carbocycles. The van der Waals surface area contributed by atoms with Crippen LogP contribution in [0.3, 0.4) is 0 Å². The number of aliphatic hydroxyl groups excluding tert-OH is 1. The van der Waals surface area contributed by atoms with Crippen LogP contribution in [0.25, 0.3) is 0 Å². The number of rotatable bonds is 8. The van der Waals surface area contributed by atoms with Crippen molar-refractivity contribution >= 4 is 5.91 Å². The van der Waals surface area contributed by atoms with E-state index < -0.39 is 6.10 Å². The second-order valence-corrected chi connectivity index (χ2v) is 6.58. The molecule has 1 unspecified atom stereocenters. The Morgan fingerprint density at radius 1 is 1.14 bits per heavy atom. The lowest BCUT2D eigenvalue weighted by Crippen LogP contribution is -2.28. The van der Waals surface area contributed by atoms with Gasteiger partial charge in [-0.05, 0) is 54.1 Å². The Morgan fingerprint density at radius 2 is 1.86 bits per heavy atom. The normalized spacial score (nSPS) is 12.0. The summed E-state index contributed by atoms with van der Waals surface area (Å²) in [6, 6.07) is 16.1. The van der Waals surface area contributed by atoms with Gasteiger partial charge in [0, 0.05) is 12.1 Å². The molecule has 0 spiro atoms. The highest BCUT2D eigenvalue weighted by Gasteiger charge is 2.12. The largest absolute Gasteiger partial charge is 0.486 e. The molecule has 3 aromatic rings. The first-order chi connectivity index (χ1) is 13.5. The van der Waals surface area contributed by atoms with Crippen LogP contribution in [-0.2, 0) is 6.61 Å². The van der Waals surface area contributed by atoms with Crippen LogP contribution in [0.1, 0.15) is 47.7 Å². The summed E-state index contributed by atoms with van der Waals surface area (Å²) in [7, 11) is 0. The molecular weight excluding hydrogens is 358 g/mol. The second-order valence-electron chi connectivity index (χ2n) is 6.58. The summed E-state index contributed by atoms with van der Waals surface area (Å²) in [6.45, 7) is 4.35. The lowest BCUT2D eigenvalue weighted by molar-refractivity contribution is 0.0916. The molecule has 3 rings (SSSR count). The molecule has 28 heavy (non-hydrogen) atoms. The van der Waals surface area contributed by atoms with Crippen LogP contribution >= 0.6 is 0 Å². The predicted octanol–water partition coefficient (Wildman–Crippen LogP) is 2.30. The van der Waals surface area contributed by atoms with Crippen molar-refractivity contribution in [3.63, 3.8) is 0 Å². The van der Waals surface area contributed by atoms with Gasteiger partial charge in [-0.3, -0.25) is 4.79 Å². The number of hydrogen-bond donors (Lipinski definition) is 2. The maximum atomic E-state index is 12.3. The fourth-order valence-corrected chi connectivity index (χ4v) is 2.64. The van der Waals surface area contributed by atoms with Gasteiger partial charge >= 0.3 is 0 Å². The van der Waals surface area contributed by atoms with E-state index >= 15 is 0 Å². The van der Waals surface area contributed by atoms with Crippen LogP contribution in [0.15, 0.2) is 54.6 Å². The molecule has 0 bridgehead atoms. The standard InChI is InChI=1S/C20H23N5O3/c1-14(2)25-19(22-23-24-25)13-28-17-10-8-16(9-11-17)20(27)21-12-18(26)15-6-4-3-5-7-15/h3-11,14,18,26H,12-13H2,1-2H3,(H,21,27). The number of carbonyl (C=O) groups is 1.